The fraction of sp³-hybridized carbons (Fsp3) is 0.450. The Morgan fingerprint density at radius 2 is 1.88 bits per heavy atom. The third-order valence-electron chi connectivity index (χ3n) is 4.86. The third-order valence-corrected chi connectivity index (χ3v) is 4.86. The van der Waals surface area contributed by atoms with Gasteiger partial charge < -0.3 is 9.80 Å². The summed E-state index contributed by atoms with van der Waals surface area (Å²) in [4.78, 5) is 18.5. The fourth-order valence-electron chi connectivity index (χ4n) is 3.43. The van der Waals surface area contributed by atoms with E-state index in [1.807, 2.05) is 49.3 Å². The summed E-state index contributed by atoms with van der Waals surface area (Å²) in [6.07, 6.45) is 2.20. The maximum absolute atomic E-state index is 12.5. The molecule has 1 aliphatic heterocycles. The van der Waals surface area contributed by atoms with E-state index in [9.17, 15) is 4.79 Å². The number of carbonyl (C=O) groups is 1. The zero-order valence-corrected chi connectivity index (χ0v) is 16.0. The zero-order valence-electron chi connectivity index (χ0n) is 16.0. The number of anilines is 1. The van der Waals surface area contributed by atoms with Crippen LogP contribution >= 0.6 is 0 Å². The van der Waals surface area contributed by atoms with Crippen molar-refractivity contribution >= 4 is 11.7 Å². The average molecular weight is 353 g/mol. The lowest BCUT2D eigenvalue weighted by molar-refractivity contribution is 0.0825. The van der Waals surface area contributed by atoms with Gasteiger partial charge in [0.25, 0.3) is 5.91 Å². The van der Waals surface area contributed by atoms with Crippen LogP contribution in [0.15, 0.2) is 36.4 Å². The molecule has 2 aromatic rings. The van der Waals surface area contributed by atoms with E-state index in [2.05, 4.69) is 21.2 Å². The van der Waals surface area contributed by atoms with Gasteiger partial charge in [-0.05, 0) is 43.1 Å². The molecule has 1 atom stereocenters. The van der Waals surface area contributed by atoms with Crippen LogP contribution < -0.4 is 4.90 Å². The highest BCUT2D eigenvalue weighted by atomic mass is 16.2. The molecule has 2 heterocycles. The van der Waals surface area contributed by atoms with E-state index < -0.39 is 0 Å². The van der Waals surface area contributed by atoms with Crippen LogP contribution in [0.1, 0.15) is 40.5 Å². The van der Waals surface area contributed by atoms with Gasteiger partial charge in [0.2, 0.25) is 0 Å². The summed E-state index contributed by atoms with van der Waals surface area (Å²) in [6, 6.07) is 12.2. The molecule has 1 unspecified atom stereocenters. The second kappa shape index (κ2) is 7.83. The van der Waals surface area contributed by atoms with Crippen LogP contribution in [-0.2, 0) is 6.54 Å². The highest BCUT2D eigenvalue weighted by Gasteiger charge is 2.28. The molecular weight excluding hydrogens is 326 g/mol. The number of hydrogen-bond acceptors (Lipinski definition) is 5. The SMILES string of the molecule is CN(C)C(=O)c1ccccc1CN1CCCC1c1ccc(N(C)C)nn1. The molecule has 3 rings (SSSR count). The van der Waals surface area contributed by atoms with Crippen molar-refractivity contribution in [2.45, 2.75) is 25.4 Å². The third kappa shape index (κ3) is 3.85. The van der Waals surface area contributed by atoms with Gasteiger partial charge in [-0.15, -0.1) is 5.10 Å². The monoisotopic (exact) mass is 353 g/mol. The van der Waals surface area contributed by atoms with E-state index in [-0.39, 0.29) is 11.9 Å². The van der Waals surface area contributed by atoms with E-state index >= 15 is 0 Å². The normalized spacial score (nSPS) is 17.3. The van der Waals surface area contributed by atoms with Gasteiger partial charge in [-0.25, -0.2) is 0 Å². The highest BCUT2D eigenvalue weighted by Crippen LogP contribution is 2.32. The van der Waals surface area contributed by atoms with Crippen LogP contribution in [0.4, 0.5) is 5.82 Å². The van der Waals surface area contributed by atoms with Crippen LogP contribution in [0.5, 0.6) is 0 Å². The molecule has 26 heavy (non-hydrogen) atoms. The number of amides is 1. The molecule has 1 fully saturated rings. The number of nitrogens with zero attached hydrogens (tertiary/aromatic N) is 5. The molecule has 1 aromatic heterocycles. The molecule has 0 radical (unpaired) electrons. The van der Waals surface area contributed by atoms with E-state index in [0.29, 0.717) is 0 Å². The van der Waals surface area contributed by atoms with Gasteiger partial charge in [0.15, 0.2) is 5.82 Å². The Hall–Kier alpha value is -2.47. The minimum absolute atomic E-state index is 0.0477. The van der Waals surface area contributed by atoms with Crippen LogP contribution in [0.2, 0.25) is 0 Å². The maximum Gasteiger partial charge on any atom is 0.253 e. The van der Waals surface area contributed by atoms with Crippen molar-refractivity contribution < 1.29 is 4.79 Å². The van der Waals surface area contributed by atoms with Crippen LogP contribution in [0, 0.1) is 0 Å². The summed E-state index contributed by atoms with van der Waals surface area (Å²) in [7, 11) is 7.51. The van der Waals surface area contributed by atoms with Gasteiger partial charge in [-0.2, -0.15) is 5.10 Å². The van der Waals surface area contributed by atoms with E-state index in [1.54, 1.807) is 19.0 Å². The van der Waals surface area contributed by atoms with Crippen molar-refractivity contribution in [1.82, 2.24) is 20.0 Å². The number of hydrogen-bond donors (Lipinski definition) is 0. The van der Waals surface area contributed by atoms with Crippen molar-refractivity contribution in [1.29, 1.82) is 0 Å². The number of rotatable bonds is 5. The molecule has 1 aliphatic rings. The second-order valence-corrected chi connectivity index (χ2v) is 7.20. The van der Waals surface area contributed by atoms with Gasteiger partial charge in [0, 0.05) is 40.3 Å². The first-order valence-corrected chi connectivity index (χ1v) is 9.02. The summed E-state index contributed by atoms with van der Waals surface area (Å²) in [5.41, 5.74) is 2.85. The Balaban J connectivity index is 1.81. The van der Waals surface area contributed by atoms with E-state index in [1.165, 1.54) is 0 Å². The van der Waals surface area contributed by atoms with Crippen LogP contribution in [0.25, 0.3) is 0 Å². The number of benzene rings is 1. The lowest BCUT2D eigenvalue weighted by atomic mass is 10.0. The number of likely N-dealkylation sites (tertiary alicyclic amines) is 1. The van der Waals surface area contributed by atoms with Crippen molar-refractivity contribution in [3.8, 4) is 0 Å². The Morgan fingerprint density at radius 3 is 2.54 bits per heavy atom. The van der Waals surface area contributed by atoms with Gasteiger partial charge >= 0.3 is 0 Å². The smallest absolute Gasteiger partial charge is 0.253 e. The molecule has 1 saturated heterocycles. The van der Waals surface area contributed by atoms with Crippen LogP contribution in [-0.4, -0.2) is 60.6 Å². The van der Waals surface area contributed by atoms with Crippen LogP contribution in [0.3, 0.4) is 0 Å². The summed E-state index contributed by atoms with van der Waals surface area (Å²) in [6.45, 7) is 1.75. The second-order valence-electron chi connectivity index (χ2n) is 7.20. The average Bonchev–Trinajstić information content (AvgIpc) is 3.09. The predicted molar refractivity (Wildman–Crippen MR) is 103 cm³/mol. The molecule has 6 heteroatoms. The molecule has 0 aliphatic carbocycles. The summed E-state index contributed by atoms with van der Waals surface area (Å²) in [5.74, 6) is 0.909. The predicted octanol–water partition coefficient (Wildman–Crippen LogP) is 2.58. The van der Waals surface area contributed by atoms with Gasteiger partial charge in [-0.3, -0.25) is 9.69 Å². The molecule has 1 aromatic carbocycles. The minimum Gasteiger partial charge on any atom is -0.361 e. The Morgan fingerprint density at radius 1 is 1.12 bits per heavy atom. The van der Waals surface area contributed by atoms with Gasteiger partial charge in [0.1, 0.15) is 0 Å². The highest BCUT2D eigenvalue weighted by molar-refractivity contribution is 5.95. The van der Waals surface area contributed by atoms with Crippen molar-refractivity contribution in [3.63, 3.8) is 0 Å². The van der Waals surface area contributed by atoms with Crippen molar-refractivity contribution in [2.24, 2.45) is 0 Å². The quantitative estimate of drug-likeness (QED) is 0.827. The first-order chi connectivity index (χ1) is 12.5. The van der Waals surface area contributed by atoms with Gasteiger partial charge in [-0.1, -0.05) is 18.2 Å². The Kier molecular flexibility index (Phi) is 5.52. The van der Waals surface area contributed by atoms with Crippen molar-refractivity contribution in [2.75, 3.05) is 39.6 Å². The molecular formula is C20H27N5O. The van der Waals surface area contributed by atoms with Crippen molar-refractivity contribution in [3.05, 3.63) is 53.2 Å². The molecule has 1 amide bonds. The lowest BCUT2D eigenvalue weighted by Crippen LogP contribution is -2.27. The Labute approximate surface area is 155 Å². The molecule has 138 valence electrons. The summed E-state index contributed by atoms with van der Waals surface area (Å²) in [5, 5.41) is 8.77. The van der Waals surface area contributed by atoms with E-state index in [4.69, 9.17) is 0 Å². The van der Waals surface area contributed by atoms with E-state index in [0.717, 1.165) is 48.6 Å². The molecule has 0 spiro atoms. The molecule has 0 bridgehead atoms. The lowest BCUT2D eigenvalue weighted by Gasteiger charge is -2.25. The Bertz CT molecular complexity index is 757. The summed E-state index contributed by atoms with van der Waals surface area (Å²) < 4.78 is 0. The molecule has 0 saturated carbocycles. The summed E-state index contributed by atoms with van der Waals surface area (Å²) >= 11 is 0. The first kappa shape index (κ1) is 18.3. The fourth-order valence-corrected chi connectivity index (χ4v) is 3.43. The standard InChI is InChI=1S/C20H27N5O/c1-23(2)19-12-11-17(21-22-19)18-10-7-13-25(18)14-15-8-5-6-9-16(15)20(26)24(3)4/h5-6,8-9,11-12,18H,7,10,13-14H2,1-4H3. The molecule has 0 N–H and O–H groups in total. The maximum atomic E-state index is 12.5. The largest absolute Gasteiger partial charge is 0.361 e. The number of aromatic nitrogens is 2. The number of carbonyl (C=O) groups excluding carboxylic acids is 1. The minimum atomic E-state index is 0.0477. The molecule has 6 nitrogen and oxygen atoms in total. The first-order valence-electron chi connectivity index (χ1n) is 9.02. The topological polar surface area (TPSA) is 52.6 Å². The van der Waals surface area contributed by atoms with Gasteiger partial charge in [0.05, 0.1) is 11.7 Å². The zero-order chi connectivity index (χ0) is 18.7.